The molecule has 1 fully saturated rings. The van der Waals surface area contributed by atoms with Crippen molar-refractivity contribution in [3.05, 3.63) is 0 Å². The van der Waals surface area contributed by atoms with Crippen molar-refractivity contribution < 1.29 is 24.2 Å². The second kappa shape index (κ2) is 6.69. The van der Waals surface area contributed by atoms with Gasteiger partial charge in [0, 0.05) is 6.54 Å². The molecular formula is C13H22N2O5. The first-order chi connectivity index (χ1) is 9.28. The van der Waals surface area contributed by atoms with Gasteiger partial charge in [0.1, 0.15) is 17.9 Å². The maximum absolute atomic E-state index is 12.2. The van der Waals surface area contributed by atoms with Crippen molar-refractivity contribution >= 4 is 18.3 Å². The van der Waals surface area contributed by atoms with E-state index in [1.807, 2.05) is 0 Å². The fraction of sp³-hybridized carbons (Fsp3) is 0.769. The van der Waals surface area contributed by atoms with Crippen LogP contribution in [0.2, 0.25) is 0 Å². The lowest BCUT2D eigenvalue weighted by Crippen LogP contribution is -2.52. The minimum atomic E-state index is -1.09. The number of amides is 2. The molecule has 1 rings (SSSR count). The monoisotopic (exact) mass is 286 g/mol. The first-order valence-electron chi connectivity index (χ1n) is 6.64. The molecule has 1 aliphatic rings. The second-order valence-corrected chi connectivity index (χ2v) is 5.76. The highest BCUT2D eigenvalue weighted by atomic mass is 16.6. The van der Waals surface area contributed by atoms with Crippen LogP contribution in [0.3, 0.4) is 0 Å². The van der Waals surface area contributed by atoms with Crippen LogP contribution >= 0.6 is 0 Å². The number of hydrogen-bond donors (Lipinski definition) is 2. The van der Waals surface area contributed by atoms with Crippen molar-refractivity contribution in [3.8, 4) is 0 Å². The molecule has 114 valence electrons. The zero-order valence-electron chi connectivity index (χ0n) is 12.1. The molecule has 20 heavy (non-hydrogen) atoms. The van der Waals surface area contributed by atoms with E-state index in [0.717, 1.165) is 6.42 Å². The number of rotatable bonds is 4. The van der Waals surface area contributed by atoms with Gasteiger partial charge in [-0.3, -0.25) is 4.79 Å². The number of carbonyl (C=O) groups is 3. The van der Waals surface area contributed by atoms with Crippen LogP contribution in [0.25, 0.3) is 0 Å². The van der Waals surface area contributed by atoms with E-state index in [1.54, 1.807) is 20.8 Å². The van der Waals surface area contributed by atoms with E-state index in [2.05, 4.69) is 5.32 Å². The van der Waals surface area contributed by atoms with Gasteiger partial charge in [-0.25, -0.2) is 4.79 Å². The van der Waals surface area contributed by atoms with Gasteiger partial charge in [0.25, 0.3) is 0 Å². The van der Waals surface area contributed by atoms with Crippen LogP contribution in [0, 0.1) is 0 Å². The average Bonchev–Trinajstić information content (AvgIpc) is 2.81. The Bertz CT molecular complexity index is 377. The van der Waals surface area contributed by atoms with Crippen LogP contribution in [0.4, 0.5) is 4.79 Å². The van der Waals surface area contributed by atoms with Gasteiger partial charge in [0.05, 0.1) is 12.6 Å². The van der Waals surface area contributed by atoms with Gasteiger partial charge in [-0.2, -0.15) is 0 Å². The molecule has 2 atom stereocenters. The fourth-order valence-corrected chi connectivity index (χ4v) is 2.04. The summed E-state index contributed by atoms with van der Waals surface area (Å²) in [5.74, 6) is -0.465. The smallest absolute Gasteiger partial charge is 0.408 e. The zero-order valence-corrected chi connectivity index (χ0v) is 12.1. The molecule has 0 bridgehead atoms. The number of nitrogens with zero attached hydrogens (tertiary/aromatic N) is 1. The third-order valence-electron chi connectivity index (χ3n) is 2.91. The number of nitrogens with one attached hydrogen (secondary N) is 1. The Morgan fingerprint density at radius 2 is 2.15 bits per heavy atom. The number of likely N-dealkylation sites (tertiary alicyclic amines) is 1. The molecule has 1 aliphatic heterocycles. The number of alkyl carbamates (subject to hydrolysis) is 1. The van der Waals surface area contributed by atoms with Gasteiger partial charge < -0.3 is 24.9 Å². The molecule has 0 aromatic heterocycles. The highest BCUT2D eigenvalue weighted by Crippen LogP contribution is 2.16. The van der Waals surface area contributed by atoms with Crippen molar-refractivity contribution in [3.63, 3.8) is 0 Å². The van der Waals surface area contributed by atoms with Crippen molar-refractivity contribution in [1.29, 1.82) is 0 Å². The molecule has 2 N–H and O–H groups in total. The SMILES string of the molecule is CC(C)(C)OC(=O)N[C@@H](CO)C(=O)N1CCC[C@H]1C=O. The molecule has 7 nitrogen and oxygen atoms in total. The van der Waals surface area contributed by atoms with Gasteiger partial charge >= 0.3 is 6.09 Å². The summed E-state index contributed by atoms with van der Waals surface area (Å²) in [5, 5.41) is 11.6. The Morgan fingerprint density at radius 1 is 1.50 bits per heavy atom. The van der Waals surface area contributed by atoms with E-state index in [-0.39, 0.29) is 0 Å². The normalized spacial score (nSPS) is 20.4. The van der Waals surface area contributed by atoms with E-state index in [0.29, 0.717) is 19.3 Å². The van der Waals surface area contributed by atoms with Gasteiger partial charge in [-0.05, 0) is 33.6 Å². The molecule has 0 aliphatic carbocycles. The summed E-state index contributed by atoms with van der Waals surface area (Å²) in [4.78, 5) is 36.1. The largest absolute Gasteiger partial charge is 0.444 e. The van der Waals surface area contributed by atoms with Crippen LogP contribution in [0.5, 0.6) is 0 Å². The minimum absolute atomic E-state index is 0.453. The number of aliphatic hydroxyl groups excluding tert-OH is 1. The van der Waals surface area contributed by atoms with Crippen molar-refractivity contribution in [2.75, 3.05) is 13.2 Å². The van der Waals surface area contributed by atoms with E-state index in [9.17, 15) is 19.5 Å². The zero-order chi connectivity index (χ0) is 15.3. The van der Waals surface area contributed by atoms with E-state index in [4.69, 9.17) is 4.74 Å². The molecule has 1 saturated heterocycles. The van der Waals surface area contributed by atoms with Crippen LogP contribution in [-0.4, -0.2) is 59.1 Å². The Kier molecular flexibility index (Phi) is 5.50. The van der Waals surface area contributed by atoms with Crippen LogP contribution in [0.1, 0.15) is 33.6 Å². The topological polar surface area (TPSA) is 95.9 Å². The molecular weight excluding hydrogens is 264 g/mol. The van der Waals surface area contributed by atoms with Gasteiger partial charge in [0.2, 0.25) is 5.91 Å². The lowest BCUT2D eigenvalue weighted by Gasteiger charge is -2.27. The molecule has 7 heteroatoms. The number of aldehydes is 1. The number of ether oxygens (including phenoxy) is 1. The lowest BCUT2D eigenvalue weighted by atomic mass is 10.2. The maximum atomic E-state index is 12.2. The highest BCUT2D eigenvalue weighted by molar-refractivity contribution is 5.88. The van der Waals surface area contributed by atoms with E-state index in [1.165, 1.54) is 4.90 Å². The van der Waals surface area contributed by atoms with Crippen molar-refractivity contribution in [2.24, 2.45) is 0 Å². The number of carbonyl (C=O) groups excluding carboxylic acids is 3. The average molecular weight is 286 g/mol. The maximum Gasteiger partial charge on any atom is 0.408 e. The molecule has 0 unspecified atom stereocenters. The molecule has 2 amide bonds. The summed E-state index contributed by atoms with van der Waals surface area (Å²) in [6.45, 7) is 5.01. The Morgan fingerprint density at radius 3 is 2.65 bits per heavy atom. The van der Waals surface area contributed by atoms with Crippen LogP contribution in [0.15, 0.2) is 0 Å². The Labute approximate surface area is 118 Å². The summed E-state index contributed by atoms with van der Waals surface area (Å²) < 4.78 is 5.03. The van der Waals surface area contributed by atoms with Crippen LogP contribution in [-0.2, 0) is 14.3 Å². The standard InChI is InChI=1S/C13H22N2O5/c1-13(2,3)20-12(19)14-10(8-17)11(18)15-6-4-5-9(15)7-16/h7,9-10,17H,4-6,8H2,1-3H3,(H,14,19)/t9-,10-/m0/s1. The minimum Gasteiger partial charge on any atom is -0.444 e. The third kappa shape index (κ3) is 4.48. The van der Waals surface area contributed by atoms with Gasteiger partial charge in [-0.1, -0.05) is 0 Å². The lowest BCUT2D eigenvalue weighted by molar-refractivity contribution is -0.137. The summed E-state index contributed by atoms with van der Waals surface area (Å²) in [6.07, 6.45) is 1.29. The number of hydrogen-bond acceptors (Lipinski definition) is 5. The fourth-order valence-electron chi connectivity index (χ4n) is 2.04. The summed E-state index contributed by atoms with van der Waals surface area (Å²) >= 11 is 0. The third-order valence-corrected chi connectivity index (χ3v) is 2.91. The quantitative estimate of drug-likeness (QED) is 0.713. The Hall–Kier alpha value is -1.63. The van der Waals surface area contributed by atoms with Gasteiger partial charge in [0.15, 0.2) is 0 Å². The molecule has 1 heterocycles. The van der Waals surface area contributed by atoms with Crippen LogP contribution < -0.4 is 5.32 Å². The molecule has 0 aromatic rings. The number of aliphatic hydroxyl groups is 1. The second-order valence-electron chi connectivity index (χ2n) is 5.76. The summed E-state index contributed by atoms with van der Waals surface area (Å²) in [6, 6.07) is -1.57. The summed E-state index contributed by atoms with van der Waals surface area (Å²) in [7, 11) is 0. The summed E-state index contributed by atoms with van der Waals surface area (Å²) in [5.41, 5.74) is -0.688. The molecule has 0 aromatic carbocycles. The van der Waals surface area contributed by atoms with Crippen molar-refractivity contribution in [2.45, 2.75) is 51.3 Å². The predicted molar refractivity (Wildman–Crippen MR) is 71.0 cm³/mol. The molecule has 0 saturated carbocycles. The van der Waals surface area contributed by atoms with E-state index >= 15 is 0 Å². The Balaban J connectivity index is 2.63. The molecule has 0 spiro atoms. The van der Waals surface area contributed by atoms with Gasteiger partial charge in [-0.15, -0.1) is 0 Å². The first kappa shape index (κ1) is 16.4. The molecule has 0 radical (unpaired) electrons. The highest BCUT2D eigenvalue weighted by Gasteiger charge is 2.34. The first-order valence-corrected chi connectivity index (χ1v) is 6.64. The predicted octanol–water partition coefficient (Wildman–Crippen LogP) is 0.0619. The van der Waals surface area contributed by atoms with E-state index < -0.39 is 36.3 Å². The van der Waals surface area contributed by atoms with Crippen molar-refractivity contribution in [1.82, 2.24) is 10.2 Å².